The van der Waals surface area contributed by atoms with Gasteiger partial charge in [0.05, 0.1) is 17.1 Å². The summed E-state index contributed by atoms with van der Waals surface area (Å²) in [6.07, 6.45) is 19.9. The van der Waals surface area contributed by atoms with Gasteiger partial charge in [-0.25, -0.2) is 0 Å². The van der Waals surface area contributed by atoms with Gasteiger partial charge >= 0.3 is 0 Å². The maximum atomic E-state index is 12.3. The standard InChI is InChI=1S/C27H41Cl2N3O2/c1-2-3-4-5-6-7-8-9-10-11-12-13-14-15-16-17-26(33)30-25-21-27(34)32(31-25)24-20-22(28)18-19-23(24)29/h18-20H,2-17,21H2,1H3,(H,30,31,33). The summed E-state index contributed by atoms with van der Waals surface area (Å²) < 4.78 is 0. The topological polar surface area (TPSA) is 61.8 Å². The smallest absolute Gasteiger partial charge is 0.255 e. The second-order valence-corrected chi connectivity index (χ2v) is 10.1. The predicted molar refractivity (Wildman–Crippen MR) is 144 cm³/mol. The highest BCUT2D eigenvalue weighted by atomic mass is 35.5. The first-order valence-electron chi connectivity index (χ1n) is 13.2. The molecule has 0 bridgehead atoms. The molecular weight excluding hydrogens is 469 g/mol. The second kappa shape index (κ2) is 16.9. The summed E-state index contributed by atoms with van der Waals surface area (Å²) >= 11 is 12.2. The van der Waals surface area contributed by atoms with Gasteiger partial charge in [-0.1, -0.05) is 120 Å². The van der Waals surface area contributed by atoms with Crippen LogP contribution in [0.4, 0.5) is 5.69 Å². The van der Waals surface area contributed by atoms with E-state index in [9.17, 15) is 9.59 Å². The summed E-state index contributed by atoms with van der Waals surface area (Å²) in [4.78, 5) is 24.5. The van der Waals surface area contributed by atoms with E-state index in [2.05, 4.69) is 17.3 Å². The zero-order valence-corrected chi connectivity index (χ0v) is 22.2. The number of carbonyl (C=O) groups is 2. The first kappa shape index (κ1) is 28.6. The summed E-state index contributed by atoms with van der Waals surface area (Å²) in [6, 6.07) is 4.86. The molecule has 0 unspecified atom stereocenters. The molecule has 0 spiro atoms. The van der Waals surface area contributed by atoms with Gasteiger partial charge in [-0.2, -0.15) is 10.1 Å². The van der Waals surface area contributed by atoms with Crippen LogP contribution in [0, 0.1) is 0 Å². The van der Waals surface area contributed by atoms with E-state index in [0.717, 1.165) is 12.8 Å². The molecule has 1 N–H and O–H groups in total. The fourth-order valence-corrected chi connectivity index (χ4v) is 4.58. The van der Waals surface area contributed by atoms with E-state index in [1.165, 1.54) is 88.5 Å². The molecule has 1 aliphatic rings. The van der Waals surface area contributed by atoms with Crippen LogP contribution in [0.3, 0.4) is 0 Å². The average molecular weight is 511 g/mol. The second-order valence-electron chi connectivity index (χ2n) is 9.27. The van der Waals surface area contributed by atoms with Crippen molar-refractivity contribution in [3.8, 4) is 0 Å². The fraction of sp³-hybridized carbons (Fsp3) is 0.667. The Bertz CT molecular complexity index is 798. The highest BCUT2D eigenvalue weighted by molar-refractivity contribution is 6.36. The molecule has 0 aromatic heterocycles. The Morgan fingerprint density at radius 2 is 1.41 bits per heavy atom. The molecule has 2 rings (SSSR count). The van der Waals surface area contributed by atoms with Crippen LogP contribution in [0.1, 0.15) is 116 Å². The first-order valence-corrected chi connectivity index (χ1v) is 13.9. The third kappa shape index (κ3) is 11.2. The quantitative estimate of drug-likeness (QED) is 0.214. The number of amides is 2. The van der Waals surface area contributed by atoms with Crippen molar-refractivity contribution in [1.29, 1.82) is 0 Å². The van der Waals surface area contributed by atoms with Gasteiger partial charge in [0, 0.05) is 11.4 Å². The summed E-state index contributed by atoms with van der Waals surface area (Å²) in [5.41, 5.74) is 0.422. The minimum atomic E-state index is -0.244. The lowest BCUT2D eigenvalue weighted by Crippen LogP contribution is -2.29. The number of hydrogen-bond acceptors (Lipinski definition) is 3. The van der Waals surface area contributed by atoms with Crippen LogP contribution in [-0.4, -0.2) is 17.6 Å². The van der Waals surface area contributed by atoms with Crippen molar-refractivity contribution in [1.82, 2.24) is 5.32 Å². The van der Waals surface area contributed by atoms with E-state index in [4.69, 9.17) is 23.2 Å². The molecule has 34 heavy (non-hydrogen) atoms. The Morgan fingerprint density at radius 3 is 1.97 bits per heavy atom. The summed E-state index contributed by atoms with van der Waals surface area (Å²) in [7, 11) is 0. The summed E-state index contributed by atoms with van der Waals surface area (Å²) in [5.74, 6) is 0.0127. The number of anilines is 1. The fourth-order valence-electron chi connectivity index (χ4n) is 4.22. The molecule has 190 valence electrons. The monoisotopic (exact) mass is 509 g/mol. The number of halogens is 2. The molecule has 1 aromatic rings. The number of unbranched alkanes of at least 4 members (excludes halogenated alkanes) is 14. The number of carbonyl (C=O) groups excluding carboxylic acids is 2. The molecule has 1 heterocycles. The molecule has 0 radical (unpaired) electrons. The van der Waals surface area contributed by atoms with Crippen molar-refractivity contribution < 1.29 is 9.59 Å². The van der Waals surface area contributed by atoms with Gasteiger partial charge < -0.3 is 5.32 Å². The van der Waals surface area contributed by atoms with Crippen molar-refractivity contribution in [3.63, 3.8) is 0 Å². The van der Waals surface area contributed by atoms with Gasteiger partial charge in [-0.3, -0.25) is 9.59 Å². The van der Waals surface area contributed by atoms with E-state index >= 15 is 0 Å². The number of hydrogen-bond donors (Lipinski definition) is 1. The highest BCUT2D eigenvalue weighted by Crippen LogP contribution is 2.31. The van der Waals surface area contributed by atoms with Crippen LogP contribution in [0.25, 0.3) is 0 Å². The van der Waals surface area contributed by atoms with Crippen molar-refractivity contribution in [3.05, 3.63) is 28.2 Å². The lowest BCUT2D eigenvalue weighted by atomic mass is 10.0. The Labute approximate surface area is 215 Å². The SMILES string of the molecule is CCCCCCCCCCCCCCCCCC(=O)NC1=NN(c2cc(Cl)ccc2Cl)C(=O)C1. The maximum absolute atomic E-state index is 12.3. The molecule has 1 aliphatic heterocycles. The number of rotatable bonds is 17. The number of benzene rings is 1. The predicted octanol–water partition coefficient (Wildman–Crippen LogP) is 8.42. The van der Waals surface area contributed by atoms with Gasteiger partial charge in [0.1, 0.15) is 5.84 Å². The number of nitrogens with zero attached hydrogens (tertiary/aromatic N) is 2. The van der Waals surface area contributed by atoms with E-state index in [1.54, 1.807) is 18.2 Å². The summed E-state index contributed by atoms with van der Waals surface area (Å²) in [6.45, 7) is 2.27. The molecule has 0 saturated heterocycles. The minimum Gasteiger partial charge on any atom is -0.312 e. The molecule has 0 atom stereocenters. The lowest BCUT2D eigenvalue weighted by molar-refractivity contribution is -0.119. The third-order valence-electron chi connectivity index (χ3n) is 6.20. The largest absolute Gasteiger partial charge is 0.312 e. The van der Waals surface area contributed by atoms with Gasteiger partial charge in [0.25, 0.3) is 5.91 Å². The lowest BCUT2D eigenvalue weighted by Gasteiger charge is -2.13. The Morgan fingerprint density at radius 1 is 0.882 bits per heavy atom. The maximum Gasteiger partial charge on any atom is 0.255 e. The number of hydrazone groups is 1. The van der Waals surface area contributed by atoms with Gasteiger partial charge in [-0.05, 0) is 24.6 Å². The van der Waals surface area contributed by atoms with E-state index in [-0.39, 0.29) is 18.2 Å². The van der Waals surface area contributed by atoms with Crippen LogP contribution in [0.2, 0.25) is 10.0 Å². The highest BCUT2D eigenvalue weighted by Gasteiger charge is 2.27. The first-order chi connectivity index (χ1) is 16.5. The van der Waals surface area contributed by atoms with Crippen molar-refractivity contribution in [2.45, 2.75) is 116 Å². The normalized spacial score (nSPS) is 13.4. The van der Waals surface area contributed by atoms with Crippen LogP contribution < -0.4 is 10.3 Å². The Kier molecular flexibility index (Phi) is 14.3. The van der Waals surface area contributed by atoms with Crippen molar-refractivity contribution in [2.75, 3.05) is 5.01 Å². The van der Waals surface area contributed by atoms with Crippen LogP contribution >= 0.6 is 23.2 Å². The van der Waals surface area contributed by atoms with E-state index < -0.39 is 0 Å². The molecule has 7 heteroatoms. The van der Waals surface area contributed by atoms with Gasteiger partial charge in [-0.15, -0.1) is 0 Å². The number of nitrogens with one attached hydrogen (secondary N) is 1. The molecule has 0 saturated carbocycles. The van der Waals surface area contributed by atoms with Crippen LogP contribution in [-0.2, 0) is 9.59 Å². The Hall–Kier alpha value is -1.59. The van der Waals surface area contributed by atoms with Crippen LogP contribution in [0.15, 0.2) is 23.3 Å². The molecule has 0 aliphatic carbocycles. The average Bonchev–Trinajstić information content (AvgIpc) is 3.17. The molecule has 1 aromatic carbocycles. The molecule has 0 fully saturated rings. The Balaban J connectivity index is 1.48. The zero-order valence-electron chi connectivity index (χ0n) is 20.7. The van der Waals surface area contributed by atoms with E-state index in [1.807, 2.05) is 0 Å². The van der Waals surface area contributed by atoms with Crippen molar-refractivity contribution >= 4 is 46.5 Å². The van der Waals surface area contributed by atoms with Gasteiger partial charge in [0.2, 0.25) is 5.91 Å². The third-order valence-corrected chi connectivity index (χ3v) is 6.76. The van der Waals surface area contributed by atoms with Crippen LogP contribution in [0.5, 0.6) is 0 Å². The van der Waals surface area contributed by atoms with E-state index in [0.29, 0.717) is 28.0 Å². The summed E-state index contributed by atoms with van der Waals surface area (Å²) in [5, 5.41) is 9.05. The number of amidine groups is 1. The zero-order chi connectivity index (χ0) is 24.6. The minimum absolute atomic E-state index is 0.0490. The van der Waals surface area contributed by atoms with Crippen molar-refractivity contribution in [2.24, 2.45) is 5.10 Å². The molecular formula is C27H41Cl2N3O2. The van der Waals surface area contributed by atoms with Gasteiger partial charge in [0.15, 0.2) is 0 Å². The molecule has 5 nitrogen and oxygen atoms in total. The molecule has 2 amide bonds.